The second kappa shape index (κ2) is 8.13. The number of alkyl halides is 2. The fourth-order valence-corrected chi connectivity index (χ4v) is 2.88. The minimum absolute atomic E-state index is 0.0866. The minimum Gasteiger partial charge on any atom is -0.487 e. The Kier molecular flexibility index (Phi) is 6.17. The summed E-state index contributed by atoms with van der Waals surface area (Å²) < 4.78 is 29.6. The monoisotopic (exact) mass is 356 g/mol. The summed E-state index contributed by atoms with van der Waals surface area (Å²) in [7, 11) is 0. The summed E-state index contributed by atoms with van der Waals surface area (Å²) in [6.45, 7) is 3.51. The number of carboxylic acid groups (broad SMARTS) is 1. The number of urea groups is 1. The second-order valence-electron chi connectivity index (χ2n) is 6.39. The van der Waals surface area contributed by atoms with Crippen molar-refractivity contribution in [1.29, 1.82) is 0 Å². The number of nitrogens with one attached hydrogen (secondary N) is 1. The molecule has 6 nitrogen and oxygen atoms in total. The molecule has 0 aromatic heterocycles. The van der Waals surface area contributed by atoms with Crippen LogP contribution in [0.5, 0.6) is 5.75 Å². The maximum absolute atomic E-state index is 12.4. The van der Waals surface area contributed by atoms with Crippen LogP contribution in [-0.2, 0) is 4.79 Å². The molecule has 1 fully saturated rings. The number of anilines is 1. The molecule has 1 heterocycles. The highest BCUT2D eigenvalue weighted by Gasteiger charge is 2.31. The van der Waals surface area contributed by atoms with Crippen LogP contribution in [0.25, 0.3) is 0 Å². The zero-order valence-corrected chi connectivity index (χ0v) is 14.2. The van der Waals surface area contributed by atoms with E-state index < -0.39 is 31.0 Å². The van der Waals surface area contributed by atoms with Crippen molar-refractivity contribution in [3.63, 3.8) is 0 Å². The Morgan fingerprint density at radius 1 is 1.40 bits per heavy atom. The molecule has 25 heavy (non-hydrogen) atoms. The number of hydrogen-bond acceptors (Lipinski definition) is 3. The lowest BCUT2D eigenvalue weighted by molar-refractivity contribution is -0.143. The first-order valence-electron chi connectivity index (χ1n) is 8.06. The molecule has 8 heteroatoms. The number of benzene rings is 1. The lowest BCUT2D eigenvalue weighted by Crippen LogP contribution is -2.47. The predicted molar refractivity (Wildman–Crippen MR) is 88.2 cm³/mol. The molecular weight excluding hydrogens is 334 g/mol. The number of carboxylic acids is 1. The average Bonchev–Trinajstić information content (AvgIpc) is 2.54. The van der Waals surface area contributed by atoms with Gasteiger partial charge in [-0.1, -0.05) is 13.0 Å². The molecule has 138 valence electrons. The van der Waals surface area contributed by atoms with Gasteiger partial charge in [-0.2, -0.15) is 0 Å². The molecule has 0 radical (unpaired) electrons. The van der Waals surface area contributed by atoms with Crippen molar-refractivity contribution in [1.82, 2.24) is 4.90 Å². The van der Waals surface area contributed by atoms with Crippen LogP contribution in [0.3, 0.4) is 0 Å². The standard InChI is InChI=1S/C17H22F2N2O4/c1-10-5-12(16(22)23)8-21(7-10)17(24)20-13-4-3-11(2)14(6-13)25-9-15(18)19/h3-4,6,10,12,15H,5,7-9H2,1-2H3,(H,20,24)(H,22,23). The van der Waals surface area contributed by atoms with E-state index >= 15 is 0 Å². The summed E-state index contributed by atoms with van der Waals surface area (Å²) in [6, 6.07) is 4.37. The molecule has 1 aliphatic rings. The lowest BCUT2D eigenvalue weighted by atomic mass is 9.91. The first-order chi connectivity index (χ1) is 11.8. The third kappa shape index (κ3) is 5.30. The van der Waals surface area contributed by atoms with Gasteiger partial charge < -0.3 is 20.1 Å². The number of halogens is 2. The van der Waals surface area contributed by atoms with E-state index in [4.69, 9.17) is 4.74 Å². The average molecular weight is 356 g/mol. The highest BCUT2D eigenvalue weighted by atomic mass is 19.3. The van der Waals surface area contributed by atoms with Crippen LogP contribution in [0.4, 0.5) is 19.3 Å². The van der Waals surface area contributed by atoms with Crippen molar-refractivity contribution >= 4 is 17.7 Å². The van der Waals surface area contributed by atoms with Gasteiger partial charge in [0, 0.05) is 24.8 Å². The van der Waals surface area contributed by atoms with Crippen molar-refractivity contribution in [2.75, 3.05) is 25.0 Å². The van der Waals surface area contributed by atoms with Crippen molar-refractivity contribution in [3.05, 3.63) is 23.8 Å². The van der Waals surface area contributed by atoms with E-state index in [-0.39, 0.29) is 18.2 Å². The molecule has 1 aromatic rings. The van der Waals surface area contributed by atoms with Crippen LogP contribution in [0.1, 0.15) is 18.9 Å². The van der Waals surface area contributed by atoms with Gasteiger partial charge in [-0.15, -0.1) is 0 Å². The molecule has 2 atom stereocenters. The summed E-state index contributed by atoms with van der Waals surface area (Å²) in [6.07, 6.45) is -2.05. The maximum atomic E-state index is 12.4. The smallest absolute Gasteiger partial charge is 0.321 e. The summed E-state index contributed by atoms with van der Waals surface area (Å²) in [5.41, 5.74) is 1.08. The van der Waals surface area contributed by atoms with Crippen molar-refractivity contribution in [3.8, 4) is 5.75 Å². The Bertz CT molecular complexity index is 639. The second-order valence-corrected chi connectivity index (χ2v) is 6.39. The fraction of sp³-hybridized carbons (Fsp3) is 0.529. The number of aryl methyl sites for hydroxylation is 1. The van der Waals surface area contributed by atoms with Gasteiger partial charge in [0.05, 0.1) is 5.92 Å². The molecule has 2 amide bonds. The van der Waals surface area contributed by atoms with Crippen LogP contribution in [-0.4, -0.2) is 48.1 Å². The summed E-state index contributed by atoms with van der Waals surface area (Å²) in [4.78, 5) is 25.1. The number of carbonyl (C=O) groups excluding carboxylic acids is 1. The lowest BCUT2D eigenvalue weighted by Gasteiger charge is -2.34. The third-order valence-electron chi connectivity index (χ3n) is 4.10. The van der Waals surface area contributed by atoms with E-state index in [9.17, 15) is 23.5 Å². The van der Waals surface area contributed by atoms with Crippen LogP contribution in [0, 0.1) is 18.8 Å². The number of piperidine rings is 1. The molecule has 0 saturated carbocycles. The summed E-state index contributed by atoms with van der Waals surface area (Å²) in [5.74, 6) is -1.14. The first kappa shape index (κ1) is 19.0. The van der Waals surface area contributed by atoms with Crippen LogP contribution >= 0.6 is 0 Å². The van der Waals surface area contributed by atoms with Gasteiger partial charge in [0.25, 0.3) is 6.43 Å². The zero-order valence-electron chi connectivity index (χ0n) is 14.2. The predicted octanol–water partition coefficient (Wildman–Crippen LogP) is 3.21. The molecule has 0 aliphatic carbocycles. The molecule has 1 aromatic carbocycles. The van der Waals surface area contributed by atoms with E-state index in [0.29, 0.717) is 24.2 Å². The van der Waals surface area contributed by atoms with Gasteiger partial charge >= 0.3 is 12.0 Å². The third-order valence-corrected chi connectivity index (χ3v) is 4.10. The number of ether oxygens (including phenoxy) is 1. The largest absolute Gasteiger partial charge is 0.487 e. The molecule has 2 N–H and O–H groups in total. The van der Waals surface area contributed by atoms with E-state index in [0.717, 1.165) is 0 Å². The van der Waals surface area contributed by atoms with Gasteiger partial charge in [-0.25, -0.2) is 13.6 Å². The summed E-state index contributed by atoms with van der Waals surface area (Å²) >= 11 is 0. The van der Waals surface area contributed by atoms with Gasteiger partial charge in [-0.3, -0.25) is 4.79 Å². The van der Waals surface area contributed by atoms with Crippen molar-refractivity contribution in [2.24, 2.45) is 11.8 Å². The summed E-state index contributed by atoms with van der Waals surface area (Å²) in [5, 5.41) is 11.9. The minimum atomic E-state index is -2.58. The van der Waals surface area contributed by atoms with Crippen molar-refractivity contribution in [2.45, 2.75) is 26.7 Å². The normalized spacial score (nSPS) is 20.4. The SMILES string of the molecule is Cc1ccc(NC(=O)N2CC(C)CC(C(=O)O)C2)cc1OCC(F)F. The van der Waals surface area contributed by atoms with Crippen LogP contribution in [0.15, 0.2) is 18.2 Å². The van der Waals surface area contributed by atoms with Gasteiger partial charge in [0.1, 0.15) is 12.4 Å². The number of nitrogens with zero attached hydrogens (tertiary/aromatic N) is 1. The molecule has 0 spiro atoms. The molecular formula is C17H22F2N2O4. The van der Waals surface area contributed by atoms with E-state index in [1.54, 1.807) is 19.1 Å². The Balaban J connectivity index is 2.04. The topological polar surface area (TPSA) is 78.9 Å². The molecule has 1 aliphatic heterocycles. The van der Waals surface area contributed by atoms with E-state index in [1.807, 2.05) is 6.92 Å². The van der Waals surface area contributed by atoms with E-state index in [1.165, 1.54) is 11.0 Å². The van der Waals surface area contributed by atoms with Crippen LogP contribution in [0.2, 0.25) is 0 Å². The Morgan fingerprint density at radius 3 is 2.76 bits per heavy atom. The highest BCUT2D eigenvalue weighted by Crippen LogP contribution is 2.25. The molecule has 0 bridgehead atoms. The number of likely N-dealkylation sites (tertiary alicyclic amines) is 1. The maximum Gasteiger partial charge on any atom is 0.321 e. The Morgan fingerprint density at radius 2 is 2.12 bits per heavy atom. The number of amides is 2. The fourth-order valence-electron chi connectivity index (χ4n) is 2.88. The molecule has 1 saturated heterocycles. The quantitative estimate of drug-likeness (QED) is 0.849. The van der Waals surface area contributed by atoms with Gasteiger partial charge in [-0.05, 0) is 30.9 Å². The zero-order chi connectivity index (χ0) is 18.6. The number of carbonyl (C=O) groups is 2. The highest BCUT2D eigenvalue weighted by molar-refractivity contribution is 5.90. The number of aliphatic carboxylic acids is 1. The first-order valence-corrected chi connectivity index (χ1v) is 8.06. The van der Waals surface area contributed by atoms with Crippen LogP contribution < -0.4 is 10.1 Å². The molecule has 2 unspecified atom stereocenters. The van der Waals surface area contributed by atoms with Gasteiger partial charge in [0.2, 0.25) is 0 Å². The van der Waals surface area contributed by atoms with E-state index in [2.05, 4.69) is 5.32 Å². The Labute approximate surface area is 144 Å². The number of hydrogen-bond donors (Lipinski definition) is 2. The molecule has 2 rings (SSSR count). The van der Waals surface area contributed by atoms with Gasteiger partial charge in [0.15, 0.2) is 0 Å². The Hall–Kier alpha value is -2.38. The van der Waals surface area contributed by atoms with Crippen molar-refractivity contribution < 1.29 is 28.2 Å². The number of rotatable bonds is 5.